The summed E-state index contributed by atoms with van der Waals surface area (Å²) in [5, 5.41) is 13.2. The van der Waals surface area contributed by atoms with Gasteiger partial charge in [-0.3, -0.25) is 9.59 Å². The standard InChI is InChI=1S/C22H32BNO7/c1-5-6-7-8-12-18(25)24-17-13-15-10-9-11-16(19(15)31-23(17)28)20(26)29-14-30-21(27)22(2,3)4/h9-11,17,28H,5-8,12-14H2,1-4H3,(H,24,25)/t17-/m0/s1. The highest BCUT2D eigenvalue weighted by Crippen LogP contribution is 2.30. The summed E-state index contributed by atoms with van der Waals surface area (Å²) >= 11 is 0. The van der Waals surface area contributed by atoms with Gasteiger partial charge in [0.25, 0.3) is 0 Å². The molecule has 0 spiro atoms. The van der Waals surface area contributed by atoms with Crippen LogP contribution in [0, 0.1) is 5.41 Å². The highest BCUT2D eigenvalue weighted by atomic mass is 16.7. The normalized spacial score (nSPS) is 15.5. The second-order valence-corrected chi connectivity index (χ2v) is 8.72. The van der Waals surface area contributed by atoms with Crippen LogP contribution in [0.3, 0.4) is 0 Å². The van der Waals surface area contributed by atoms with Crippen molar-refractivity contribution in [3.8, 4) is 5.75 Å². The molecule has 0 radical (unpaired) electrons. The summed E-state index contributed by atoms with van der Waals surface area (Å²) in [7, 11) is -1.29. The molecule has 0 fully saturated rings. The van der Waals surface area contributed by atoms with E-state index >= 15 is 0 Å². The van der Waals surface area contributed by atoms with Gasteiger partial charge in [0.1, 0.15) is 11.3 Å². The van der Waals surface area contributed by atoms with E-state index in [1.807, 2.05) is 0 Å². The minimum atomic E-state index is -1.29. The minimum Gasteiger partial charge on any atom is -0.534 e. The number of rotatable bonds is 9. The summed E-state index contributed by atoms with van der Waals surface area (Å²) in [4.78, 5) is 36.4. The molecule has 0 aromatic heterocycles. The van der Waals surface area contributed by atoms with E-state index in [1.54, 1.807) is 32.9 Å². The van der Waals surface area contributed by atoms with Crippen molar-refractivity contribution in [3.05, 3.63) is 29.3 Å². The zero-order valence-corrected chi connectivity index (χ0v) is 18.7. The zero-order chi connectivity index (χ0) is 23.0. The van der Waals surface area contributed by atoms with Gasteiger partial charge in [0.2, 0.25) is 12.7 Å². The third kappa shape index (κ3) is 7.27. The molecule has 1 atom stereocenters. The molecule has 0 saturated carbocycles. The second-order valence-electron chi connectivity index (χ2n) is 8.72. The highest BCUT2D eigenvalue weighted by Gasteiger charge is 2.37. The topological polar surface area (TPSA) is 111 Å². The molecule has 2 N–H and O–H groups in total. The molecule has 0 aliphatic carbocycles. The summed E-state index contributed by atoms with van der Waals surface area (Å²) < 4.78 is 15.5. The van der Waals surface area contributed by atoms with Gasteiger partial charge in [-0.05, 0) is 45.2 Å². The lowest BCUT2D eigenvalue weighted by Crippen LogP contribution is -2.53. The molecular weight excluding hydrogens is 401 g/mol. The van der Waals surface area contributed by atoms with Crippen molar-refractivity contribution in [2.24, 2.45) is 5.41 Å². The fourth-order valence-corrected chi connectivity index (χ4v) is 3.13. The van der Waals surface area contributed by atoms with Gasteiger partial charge >= 0.3 is 19.1 Å². The SMILES string of the molecule is CCCCCCC(=O)N[C@H]1Cc2cccc(C(=O)OCOC(=O)C(C)(C)C)c2OB1O. The average molecular weight is 433 g/mol. The molecule has 31 heavy (non-hydrogen) atoms. The number of carbonyl (C=O) groups is 3. The number of amides is 1. The van der Waals surface area contributed by atoms with E-state index in [9.17, 15) is 19.4 Å². The molecule has 8 nitrogen and oxygen atoms in total. The van der Waals surface area contributed by atoms with Gasteiger partial charge in [-0.1, -0.05) is 38.3 Å². The quantitative estimate of drug-likeness (QED) is 0.267. The van der Waals surface area contributed by atoms with E-state index in [0.717, 1.165) is 25.7 Å². The fourth-order valence-electron chi connectivity index (χ4n) is 3.13. The maximum absolute atomic E-state index is 12.4. The third-order valence-corrected chi connectivity index (χ3v) is 4.94. The Balaban J connectivity index is 1.96. The van der Waals surface area contributed by atoms with Crippen molar-refractivity contribution in [3.63, 3.8) is 0 Å². The van der Waals surface area contributed by atoms with Crippen LogP contribution in [0.2, 0.25) is 0 Å². The number of hydrogen-bond donors (Lipinski definition) is 2. The van der Waals surface area contributed by atoms with Crippen LogP contribution in [0.1, 0.15) is 75.7 Å². The van der Waals surface area contributed by atoms with Gasteiger partial charge in [-0.15, -0.1) is 0 Å². The Bertz CT molecular complexity index is 791. The molecule has 0 unspecified atom stereocenters. The molecule has 1 aliphatic rings. The Morgan fingerprint density at radius 3 is 2.61 bits per heavy atom. The molecule has 0 bridgehead atoms. The minimum absolute atomic E-state index is 0.118. The number of benzene rings is 1. The maximum atomic E-state index is 12.4. The van der Waals surface area contributed by atoms with E-state index in [1.165, 1.54) is 6.07 Å². The summed E-state index contributed by atoms with van der Waals surface area (Å²) in [6.45, 7) is 6.68. The van der Waals surface area contributed by atoms with Gasteiger partial charge in [-0.25, -0.2) is 4.79 Å². The van der Waals surface area contributed by atoms with Crippen LogP contribution in [-0.4, -0.2) is 42.7 Å². The first-order chi connectivity index (χ1) is 14.6. The summed E-state index contributed by atoms with van der Waals surface area (Å²) in [5.74, 6) is -1.76. The van der Waals surface area contributed by atoms with Gasteiger partial charge in [0.05, 0.1) is 11.4 Å². The van der Waals surface area contributed by atoms with E-state index in [-0.39, 0.29) is 17.2 Å². The van der Waals surface area contributed by atoms with Crippen molar-refractivity contribution >= 4 is 25.0 Å². The van der Waals surface area contributed by atoms with Crippen molar-refractivity contribution in [2.75, 3.05) is 6.79 Å². The number of esters is 2. The van der Waals surface area contributed by atoms with Crippen molar-refractivity contribution in [1.29, 1.82) is 0 Å². The monoisotopic (exact) mass is 433 g/mol. The molecule has 1 heterocycles. The van der Waals surface area contributed by atoms with Crippen molar-refractivity contribution in [1.82, 2.24) is 5.32 Å². The number of fused-ring (bicyclic) bond motifs is 1. The molecule has 9 heteroatoms. The number of para-hydroxylation sites is 1. The lowest BCUT2D eigenvalue weighted by Gasteiger charge is -2.29. The predicted molar refractivity (Wildman–Crippen MR) is 115 cm³/mol. The van der Waals surface area contributed by atoms with Crippen molar-refractivity contribution in [2.45, 2.75) is 72.2 Å². The van der Waals surface area contributed by atoms with E-state index in [2.05, 4.69) is 12.2 Å². The number of hydrogen-bond acceptors (Lipinski definition) is 7. The lowest BCUT2D eigenvalue weighted by molar-refractivity contribution is -0.161. The molecular formula is C22H32BNO7. The smallest absolute Gasteiger partial charge is 0.534 e. The number of unbranched alkanes of at least 4 members (excludes halogenated alkanes) is 3. The van der Waals surface area contributed by atoms with Crippen LogP contribution in [0.25, 0.3) is 0 Å². The largest absolute Gasteiger partial charge is 0.547 e. The summed E-state index contributed by atoms with van der Waals surface area (Å²) in [6, 6.07) is 4.94. The summed E-state index contributed by atoms with van der Waals surface area (Å²) in [6.07, 6.45) is 4.69. The molecule has 1 amide bonds. The molecule has 1 aromatic carbocycles. The summed E-state index contributed by atoms with van der Waals surface area (Å²) in [5.41, 5.74) is 0.0801. The average Bonchev–Trinajstić information content (AvgIpc) is 2.70. The second kappa shape index (κ2) is 11.2. The lowest BCUT2D eigenvalue weighted by atomic mass is 9.72. The Hall–Kier alpha value is -2.55. The molecule has 1 aliphatic heterocycles. The van der Waals surface area contributed by atoms with Gasteiger partial charge in [0, 0.05) is 6.42 Å². The van der Waals surface area contributed by atoms with Crippen LogP contribution in [0.5, 0.6) is 5.75 Å². The zero-order valence-electron chi connectivity index (χ0n) is 18.7. The van der Waals surface area contributed by atoms with Gasteiger partial charge in [0.15, 0.2) is 0 Å². The van der Waals surface area contributed by atoms with Crippen LogP contribution in [-0.2, 0) is 25.5 Å². The van der Waals surface area contributed by atoms with Gasteiger partial charge < -0.3 is 24.5 Å². The van der Waals surface area contributed by atoms with Crippen molar-refractivity contribution < 1.29 is 33.5 Å². The molecule has 2 rings (SSSR count). The van der Waals surface area contributed by atoms with Crippen LogP contribution in [0.4, 0.5) is 0 Å². The van der Waals surface area contributed by atoms with Gasteiger partial charge in [-0.2, -0.15) is 0 Å². The number of ether oxygens (including phenoxy) is 2. The van der Waals surface area contributed by atoms with Crippen LogP contribution >= 0.6 is 0 Å². The Morgan fingerprint density at radius 1 is 1.19 bits per heavy atom. The maximum Gasteiger partial charge on any atom is 0.547 e. The Morgan fingerprint density at radius 2 is 1.94 bits per heavy atom. The fraction of sp³-hybridized carbons (Fsp3) is 0.591. The van der Waals surface area contributed by atoms with E-state index in [4.69, 9.17) is 14.1 Å². The van der Waals surface area contributed by atoms with E-state index in [0.29, 0.717) is 18.4 Å². The predicted octanol–water partition coefficient (Wildman–Crippen LogP) is 2.80. The van der Waals surface area contributed by atoms with Crippen LogP contribution in [0.15, 0.2) is 18.2 Å². The Kier molecular flexibility index (Phi) is 8.92. The first-order valence-electron chi connectivity index (χ1n) is 10.7. The Labute approximate surface area is 183 Å². The van der Waals surface area contributed by atoms with Crippen LogP contribution < -0.4 is 9.97 Å². The number of carbonyl (C=O) groups excluding carboxylic acids is 3. The molecule has 0 saturated heterocycles. The third-order valence-electron chi connectivity index (χ3n) is 4.94. The molecule has 170 valence electrons. The molecule has 1 aromatic rings. The first kappa shape index (κ1) is 24.7. The highest BCUT2D eigenvalue weighted by molar-refractivity contribution is 6.47. The number of nitrogens with one attached hydrogen (secondary N) is 1. The first-order valence-corrected chi connectivity index (χ1v) is 10.7. The van der Waals surface area contributed by atoms with E-state index < -0.39 is 37.2 Å².